The summed E-state index contributed by atoms with van der Waals surface area (Å²) >= 11 is 0. The van der Waals surface area contributed by atoms with Crippen molar-refractivity contribution in [3.63, 3.8) is 0 Å². The zero-order valence-corrected chi connectivity index (χ0v) is 47.8. The van der Waals surface area contributed by atoms with E-state index in [2.05, 4.69) is 81.4 Å². The Labute approximate surface area is 425 Å². The van der Waals surface area contributed by atoms with Gasteiger partial charge in [0, 0.05) is 0 Å². The minimum Gasteiger partial charge on any atom is -0.458 e. The Morgan fingerprint density at radius 1 is 0.536 bits per heavy atom. The maximum Gasteiger partial charge on any atom is 0.509 e. The van der Waals surface area contributed by atoms with Crippen LogP contribution in [0.3, 0.4) is 0 Å². The first kappa shape index (κ1) is 55.0. The van der Waals surface area contributed by atoms with Gasteiger partial charge in [-0.25, -0.2) is 4.79 Å². The Bertz CT molecular complexity index is 1830. The topological polar surface area (TPSA) is 61.8 Å². The molecule has 5 nitrogen and oxygen atoms in total. The molecule has 0 amide bonds. The van der Waals surface area contributed by atoms with Crippen LogP contribution in [-0.2, 0) is 19.0 Å². The van der Waals surface area contributed by atoms with Gasteiger partial charge in [-0.05, 0) is 249 Å². The minimum absolute atomic E-state index is 0.0113. The molecule has 0 radical (unpaired) electrons. The molecule has 16 atom stereocenters. The van der Waals surface area contributed by atoms with E-state index in [9.17, 15) is 9.59 Å². The summed E-state index contributed by atoms with van der Waals surface area (Å²) in [5.41, 5.74) is 3.99. The molecule has 0 aliphatic heterocycles. The highest BCUT2D eigenvalue weighted by Gasteiger charge is 2.61. The summed E-state index contributed by atoms with van der Waals surface area (Å²) in [6.45, 7) is 36.7. The van der Waals surface area contributed by atoms with Crippen LogP contribution in [0.25, 0.3) is 0 Å². The standard InChI is InChI=1S/C32H54O3.C32H54O2/c1-21(2)10-9-11-22(3)26-14-15-27-25-13-12-23-20-24(34-29(33)35-30(4,5)6)16-18-31(23,7)28(25)17-19-32(26,27)8;1-21(2)10-9-11-22(3)26-14-15-27-25-13-12-23-20-24(34-29(33)30(4,5)6)16-18-31(23,7)28(25)17-19-32(26,27)8/h20-22,24-28H,9-19H2,1-8H3;20-22,24-28H,9-19H2,1-8H3/t2*22-,24-,25?,26+,27?,28?,31-,32+/m00/s1. The molecule has 0 bridgehead atoms. The summed E-state index contributed by atoms with van der Waals surface area (Å²) in [6.07, 6.45) is 33.3. The molecule has 0 aromatic rings. The van der Waals surface area contributed by atoms with Gasteiger partial charge in [-0.15, -0.1) is 0 Å². The van der Waals surface area contributed by atoms with Crippen LogP contribution in [0.1, 0.15) is 252 Å². The monoisotopic (exact) mass is 957 g/mol. The third-order valence-corrected chi connectivity index (χ3v) is 22.1. The number of ether oxygens (including phenoxy) is 3. The fraction of sp³-hybridized carbons (Fsp3) is 0.906. The second-order valence-corrected chi connectivity index (χ2v) is 29.5. The predicted molar refractivity (Wildman–Crippen MR) is 287 cm³/mol. The van der Waals surface area contributed by atoms with Gasteiger partial charge < -0.3 is 14.2 Å². The van der Waals surface area contributed by atoms with Gasteiger partial charge in [0.15, 0.2) is 0 Å². The van der Waals surface area contributed by atoms with Gasteiger partial charge in [-0.3, -0.25) is 4.79 Å². The van der Waals surface area contributed by atoms with Crippen molar-refractivity contribution in [2.24, 2.45) is 98.1 Å². The highest BCUT2D eigenvalue weighted by molar-refractivity contribution is 5.75. The smallest absolute Gasteiger partial charge is 0.458 e. The summed E-state index contributed by atoms with van der Waals surface area (Å²) in [6, 6.07) is 0. The molecule has 0 heterocycles. The first-order valence-electron chi connectivity index (χ1n) is 29.7. The number of esters is 1. The van der Waals surface area contributed by atoms with Crippen LogP contribution in [-0.4, -0.2) is 29.9 Å². The Hall–Kier alpha value is -1.78. The summed E-state index contributed by atoms with van der Waals surface area (Å²) in [7, 11) is 0. The Kier molecular flexibility index (Phi) is 16.9. The number of fused-ring (bicyclic) bond motifs is 10. The third kappa shape index (κ3) is 11.6. The third-order valence-electron chi connectivity index (χ3n) is 22.1. The predicted octanol–water partition coefficient (Wildman–Crippen LogP) is 18.3. The van der Waals surface area contributed by atoms with Crippen LogP contribution in [0, 0.1) is 98.1 Å². The van der Waals surface area contributed by atoms with E-state index in [-0.39, 0.29) is 18.2 Å². The van der Waals surface area contributed by atoms with Crippen molar-refractivity contribution in [1.29, 1.82) is 0 Å². The zero-order valence-electron chi connectivity index (χ0n) is 47.8. The molecule has 0 aromatic carbocycles. The fourth-order valence-corrected chi connectivity index (χ4v) is 18.3. The number of hydrogen-bond donors (Lipinski definition) is 0. The van der Waals surface area contributed by atoms with E-state index >= 15 is 0 Å². The lowest BCUT2D eigenvalue weighted by molar-refractivity contribution is -0.157. The van der Waals surface area contributed by atoms with Crippen molar-refractivity contribution in [1.82, 2.24) is 0 Å². The maximum atomic E-state index is 12.5. The average molecular weight is 958 g/mol. The van der Waals surface area contributed by atoms with Crippen molar-refractivity contribution in [2.45, 2.75) is 270 Å². The quantitative estimate of drug-likeness (QED) is 0.144. The molecule has 8 aliphatic rings. The molecule has 6 fully saturated rings. The molecule has 394 valence electrons. The van der Waals surface area contributed by atoms with Crippen LogP contribution < -0.4 is 0 Å². The SMILES string of the molecule is CC(C)CCC[C@H](C)[C@H]1CCC2C3CCC4=C[C@@H](OC(=O)C(C)(C)C)CC[C@]4(C)C3CC[C@@]21C.CC(C)CCC[C@H](C)[C@H]1CCC2C3CCC4=C[C@@H](OC(=O)OC(C)(C)C)CC[C@]4(C)C3CC[C@@]21C. The van der Waals surface area contributed by atoms with E-state index in [4.69, 9.17) is 14.2 Å². The van der Waals surface area contributed by atoms with Gasteiger partial charge in [0.25, 0.3) is 0 Å². The van der Waals surface area contributed by atoms with E-state index in [1.165, 1.54) is 122 Å². The second-order valence-electron chi connectivity index (χ2n) is 29.5. The molecule has 5 heteroatoms. The van der Waals surface area contributed by atoms with Crippen molar-refractivity contribution in [3.05, 3.63) is 23.3 Å². The van der Waals surface area contributed by atoms with Crippen LogP contribution >= 0.6 is 0 Å². The zero-order chi connectivity index (χ0) is 50.5. The number of rotatable bonds is 12. The van der Waals surface area contributed by atoms with Crippen molar-refractivity contribution >= 4 is 12.1 Å². The van der Waals surface area contributed by atoms with E-state index in [1.807, 2.05) is 41.5 Å². The van der Waals surface area contributed by atoms with E-state index in [0.717, 1.165) is 90.3 Å². The first-order valence-corrected chi connectivity index (χ1v) is 29.7. The molecule has 0 aromatic heterocycles. The number of carbonyl (C=O) groups excluding carboxylic acids is 2. The van der Waals surface area contributed by atoms with E-state index in [1.54, 1.807) is 11.1 Å². The van der Waals surface area contributed by atoms with Crippen molar-refractivity contribution in [3.8, 4) is 0 Å². The molecule has 8 rings (SSSR count). The first-order chi connectivity index (χ1) is 32.2. The van der Waals surface area contributed by atoms with Crippen molar-refractivity contribution < 1.29 is 23.8 Å². The van der Waals surface area contributed by atoms with Crippen molar-refractivity contribution in [2.75, 3.05) is 0 Å². The van der Waals surface area contributed by atoms with Crippen LogP contribution in [0.4, 0.5) is 4.79 Å². The van der Waals surface area contributed by atoms with Gasteiger partial charge in [0.2, 0.25) is 0 Å². The summed E-state index contributed by atoms with van der Waals surface area (Å²) in [5, 5.41) is 0. The van der Waals surface area contributed by atoms with Gasteiger partial charge in [-0.2, -0.15) is 0 Å². The summed E-state index contributed by atoms with van der Waals surface area (Å²) in [4.78, 5) is 24.8. The molecule has 8 aliphatic carbocycles. The minimum atomic E-state index is -0.524. The average Bonchev–Trinajstić information content (AvgIpc) is 3.80. The van der Waals surface area contributed by atoms with Crippen LogP contribution in [0.15, 0.2) is 23.3 Å². The van der Waals surface area contributed by atoms with E-state index in [0.29, 0.717) is 21.7 Å². The lowest BCUT2D eigenvalue weighted by Crippen LogP contribution is -2.51. The number of hydrogen-bond acceptors (Lipinski definition) is 5. The lowest BCUT2D eigenvalue weighted by Gasteiger charge is -2.59. The Morgan fingerprint density at radius 3 is 1.35 bits per heavy atom. The molecule has 6 saturated carbocycles. The highest BCUT2D eigenvalue weighted by atomic mass is 16.7. The number of carbonyl (C=O) groups is 2. The molecule has 0 saturated heterocycles. The van der Waals surface area contributed by atoms with Gasteiger partial charge >= 0.3 is 12.1 Å². The normalized spacial score (nSPS) is 40.3. The molecular weight excluding hydrogens is 849 g/mol. The highest BCUT2D eigenvalue weighted by Crippen LogP contribution is 2.69. The molecule has 6 unspecified atom stereocenters. The maximum absolute atomic E-state index is 12.5. The van der Waals surface area contributed by atoms with Crippen LogP contribution in [0.2, 0.25) is 0 Å². The summed E-state index contributed by atoms with van der Waals surface area (Å²) < 4.78 is 17.1. The molecule has 69 heavy (non-hydrogen) atoms. The Morgan fingerprint density at radius 2 is 0.957 bits per heavy atom. The second kappa shape index (κ2) is 21.2. The lowest BCUT2D eigenvalue weighted by atomic mass is 9.46. The molecule has 0 N–H and O–H groups in total. The van der Waals surface area contributed by atoms with Crippen LogP contribution in [0.5, 0.6) is 0 Å². The largest absolute Gasteiger partial charge is 0.509 e. The molecular formula is C64H108O5. The summed E-state index contributed by atoms with van der Waals surface area (Å²) in [5.74, 6) is 10.5. The molecule has 0 spiro atoms. The van der Waals surface area contributed by atoms with Gasteiger partial charge in [0.1, 0.15) is 17.8 Å². The van der Waals surface area contributed by atoms with E-state index < -0.39 is 17.2 Å². The number of allylic oxidation sites excluding steroid dienone is 2. The Balaban J connectivity index is 0.000000204. The van der Waals surface area contributed by atoms with Gasteiger partial charge in [0.05, 0.1) is 5.41 Å². The fourth-order valence-electron chi connectivity index (χ4n) is 18.3. The van der Waals surface area contributed by atoms with Gasteiger partial charge in [-0.1, -0.05) is 119 Å².